The molecule has 0 N–H and O–H groups in total. The first-order valence-electron chi connectivity index (χ1n) is 9.10. The number of carbonyl (C=O) groups is 1. The number of nitrogens with zero attached hydrogens (tertiary/aromatic N) is 2. The van der Waals surface area contributed by atoms with Gasteiger partial charge in [0.2, 0.25) is 0 Å². The molecule has 2 aromatic carbocycles. The van der Waals surface area contributed by atoms with Crippen LogP contribution in [0.4, 0.5) is 5.69 Å². The molecule has 6 heteroatoms. The van der Waals surface area contributed by atoms with E-state index < -0.39 is 0 Å². The lowest BCUT2D eigenvalue weighted by atomic mass is 10.1. The van der Waals surface area contributed by atoms with Crippen LogP contribution in [0.5, 0.6) is 0 Å². The molecule has 1 amide bonds. The Bertz CT molecular complexity index is 940. The maximum Gasteiger partial charge on any atom is 0.266 e. The summed E-state index contributed by atoms with van der Waals surface area (Å²) in [6.07, 6.45) is 4.91. The highest BCUT2D eigenvalue weighted by molar-refractivity contribution is 8.18. The first kappa shape index (κ1) is 21.0. The number of halogens is 1. The van der Waals surface area contributed by atoms with Gasteiger partial charge in [-0.25, -0.2) is 4.99 Å². The van der Waals surface area contributed by atoms with Crippen molar-refractivity contribution in [2.45, 2.75) is 20.3 Å². The van der Waals surface area contributed by atoms with E-state index in [4.69, 9.17) is 16.6 Å². The zero-order valence-electron chi connectivity index (χ0n) is 16.2. The van der Waals surface area contributed by atoms with Crippen molar-refractivity contribution in [3.63, 3.8) is 0 Å². The number of aryl methyl sites for hydroxylation is 1. The Balaban J connectivity index is 1.95. The maximum atomic E-state index is 13.1. The van der Waals surface area contributed by atoms with Crippen LogP contribution in [0.25, 0.3) is 6.08 Å². The molecule has 1 aliphatic heterocycles. The number of carbonyl (C=O) groups excluding carboxylic acids is 1. The number of benzene rings is 2. The van der Waals surface area contributed by atoms with Crippen molar-refractivity contribution in [2.75, 3.05) is 18.6 Å². The molecular formula is C22H23ClN2OS2. The molecule has 0 aromatic heterocycles. The molecule has 0 bridgehead atoms. The van der Waals surface area contributed by atoms with E-state index in [1.165, 1.54) is 17.3 Å². The van der Waals surface area contributed by atoms with Gasteiger partial charge in [-0.15, -0.1) is 0 Å². The topological polar surface area (TPSA) is 32.7 Å². The molecule has 0 unspecified atom stereocenters. The van der Waals surface area contributed by atoms with Crippen molar-refractivity contribution in [1.82, 2.24) is 4.90 Å². The molecular weight excluding hydrogens is 408 g/mol. The Morgan fingerprint density at radius 2 is 2.00 bits per heavy atom. The smallest absolute Gasteiger partial charge is 0.266 e. The van der Waals surface area contributed by atoms with Crippen LogP contribution in [-0.4, -0.2) is 34.5 Å². The summed E-state index contributed by atoms with van der Waals surface area (Å²) in [5, 5.41) is 1.40. The van der Waals surface area contributed by atoms with E-state index >= 15 is 0 Å². The maximum absolute atomic E-state index is 13.1. The van der Waals surface area contributed by atoms with Gasteiger partial charge in [-0.3, -0.25) is 9.69 Å². The lowest BCUT2D eigenvalue weighted by Crippen LogP contribution is -2.30. The van der Waals surface area contributed by atoms with Gasteiger partial charge in [0.05, 0.1) is 10.6 Å². The average Bonchev–Trinajstić information content (AvgIpc) is 2.94. The fourth-order valence-corrected chi connectivity index (χ4v) is 4.50. The number of amides is 1. The number of hydrogen-bond donors (Lipinski definition) is 0. The van der Waals surface area contributed by atoms with E-state index in [0.29, 0.717) is 16.5 Å². The van der Waals surface area contributed by atoms with Crippen molar-refractivity contribution in [2.24, 2.45) is 4.99 Å². The summed E-state index contributed by atoms with van der Waals surface area (Å²) in [6.45, 7) is 4.81. The first-order chi connectivity index (χ1) is 13.5. The van der Waals surface area contributed by atoms with E-state index in [-0.39, 0.29) is 5.91 Å². The minimum Gasteiger partial charge on any atom is -0.286 e. The van der Waals surface area contributed by atoms with Gasteiger partial charge in [-0.2, -0.15) is 11.8 Å². The molecule has 2 aromatic rings. The Kier molecular flexibility index (Phi) is 7.27. The third-order valence-corrected chi connectivity index (χ3v) is 6.50. The van der Waals surface area contributed by atoms with E-state index in [2.05, 4.69) is 26.2 Å². The van der Waals surface area contributed by atoms with Crippen LogP contribution in [0.2, 0.25) is 5.02 Å². The second-order valence-corrected chi connectivity index (χ2v) is 9.01. The summed E-state index contributed by atoms with van der Waals surface area (Å²) in [7, 11) is 0. The van der Waals surface area contributed by atoms with Gasteiger partial charge in [0.25, 0.3) is 5.91 Å². The molecule has 0 atom stereocenters. The van der Waals surface area contributed by atoms with Crippen LogP contribution >= 0.6 is 35.1 Å². The van der Waals surface area contributed by atoms with Crippen molar-refractivity contribution in [1.29, 1.82) is 0 Å². The number of thioether (sulfide) groups is 2. The van der Waals surface area contributed by atoms with Crippen LogP contribution in [0.15, 0.2) is 52.4 Å². The molecule has 1 aliphatic rings. The molecule has 1 fully saturated rings. The molecule has 28 heavy (non-hydrogen) atoms. The molecule has 0 aliphatic carbocycles. The van der Waals surface area contributed by atoms with E-state index in [1.54, 1.807) is 16.7 Å². The standard InChI is InChI=1S/C22H23ClN2OS2/c1-15-7-4-10-19(16(15)2)24-22-25(11-6-12-27-3)21(26)20(28-22)14-17-8-5-9-18(23)13-17/h4-5,7-10,13-14H,6,11-12H2,1-3H3. The Labute approximate surface area is 180 Å². The first-order valence-corrected chi connectivity index (χ1v) is 11.7. The van der Waals surface area contributed by atoms with Gasteiger partial charge in [-0.1, -0.05) is 35.9 Å². The molecule has 146 valence electrons. The number of rotatable bonds is 6. The second-order valence-electron chi connectivity index (χ2n) is 6.58. The SMILES string of the molecule is CSCCCN1C(=O)C(=Cc2cccc(Cl)c2)SC1=Nc1cccc(C)c1C. The van der Waals surface area contributed by atoms with Gasteiger partial charge in [0, 0.05) is 11.6 Å². The lowest BCUT2D eigenvalue weighted by molar-refractivity contribution is -0.122. The van der Waals surface area contributed by atoms with Crippen LogP contribution in [0.1, 0.15) is 23.1 Å². The van der Waals surface area contributed by atoms with Crippen molar-refractivity contribution in [3.05, 3.63) is 69.1 Å². The molecule has 1 heterocycles. The summed E-state index contributed by atoms with van der Waals surface area (Å²) in [5.41, 5.74) is 4.16. The molecule has 1 saturated heterocycles. The van der Waals surface area contributed by atoms with Gasteiger partial charge < -0.3 is 0 Å². The van der Waals surface area contributed by atoms with Crippen molar-refractivity contribution < 1.29 is 4.79 Å². The highest BCUT2D eigenvalue weighted by Crippen LogP contribution is 2.35. The largest absolute Gasteiger partial charge is 0.286 e. The van der Waals surface area contributed by atoms with Crippen LogP contribution in [0, 0.1) is 13.8 Å². The monoisotopic (exact) mass is 430 g/mol. The van der Waals surface area contributed by atoms with E-state index in [1.807, 2.05) is 42.5 Å². The Morgan fingerprint density at radius 3 is 2.75 bits per heavy atom. The van der Waals surface area contributed by atoms with Crippen LogP contribution < -0.4 is 0 Å². The fourth-order valence-electron chi connectivity index (χ4n) is 2.86. The average molecular weight is 431 g/mol. The minimum absolute atomic E-state index is 0.00938. The molecule has 0 radical (unpaired) electrons. The molecule has 0 saturated carbocycles. The third kappa shape index (κ3) is 5.02. The Morgan fingerprint density at radius 1 is 1.21 bits per heavy atom. The predicted octanol–water partition coefficient (Wildman–Crippen LogP) is 6.31. The summed E-state index contributed by atoms with van der Waals surface area (Å²) in [6, 6.07) is 13.6. The fraction of sp³-hybridized carbons (Fsp3) is 0.273. The molecule has 3 nitrogen and oxygen atoms in total. The lowest BCUT2D eigenvalue weighted by Gasteiger charge is -2.15. The highest BCUT2D eigenvalue weighted by atomic mass is 35.5. The summed E-state index contributed by atoms with van der Waals surface area (Å²) < 4.78 is 0. The minimum atomic E-state index is 0.00938. The Hall–Kier alpha value is -1.69. The quantitative estimate of drug-likeness (QED) is 0.397. The normalized spacial score (nSPS) is 17.1. The van der Waals surface area contributed by atoms with E-state index in [0.717, 1.165) is 34.2 Å². The zero-order chi connectivity index (χ0) is 20.1. The van der Waals surface area contributed by atoms with Gasteiger partial charge in [0.15, 0.2) is 5.17 Å². The number of aliphatic imine (C=N–C) groups is 1. The van der Waals surface area contributed by atoms with Crippen molar-refractivity contribution in [3.8, 4) is 0 Å². The second kappa shape index (κ2) is 9.68. The number of hydrogen-bond acceptors (Lipinski definition) is 4. The van der Waals surface area contributed by atoms with Crippen molar-refractivity contribution >= 4 is 58.0 Å². The summed E-state index contributed by atoms with van der Waals surface area (Å²) in [5.74, 6) is 1.02. The van der Waals surface area contributed by atoms with Crippen LogP contribution in [0.3, 0.4) is 0 Å². The van der Waals surface area contributed by atoms with Gasteiger partial charge in [0.1, 0.15) is 0 Å². The summed E-state index contributed by atoms with van der Waals surface area (Å²) in [4.78, 5) is 20.4. The van der Waals surface area contributed by atoms with Crippen LogP contribution in [-0.2, 0) is 4.79 Å². The van der Waals surface area contributed by atoms with Gasteiger partial charge >= 0.3 is 0 Å². The van der Waals surface area contributed by atoms with E-state index in [9.17, 15) is 4.79 Å². The predicted molar refractivity (Wildman–Crippen MR) is 125 cm³/mol. The third-order valence-electron chi connectivity index (χ3n) is 4.56. The molecule has 3 rings (SSSR count). The number of amidine groups is 1. The van der Waals surface area contributed by atoms with Gasteiger partial charge in [-0.05, 0) is 85.0 Å². The summed E-state index contributed by atoms with van der Waals surface area (Å²) >= 11 is 9.31. The highest BCUT2D eigenvalue weighted by Gasteiger charge is 2.33. The zero-order valence-corrected chi connectivity index (χ0v) is 18.6. The molecule has 0 spiro atoms.